The molecule has 202 valence electrons. The van der Waals surface area contributed by atoms with Gasteiger partial charge in [0.25, 0.3) is 23.6 Å². The molecule has 0 saturated carbocycles. The molecule has 0 fully saturated rings. The summed E-state index contributed by atoms with van der Waals surface area (Å²) >= 11 is 1.66. The molecule has 0 spiro atoms. The molecule has 0 saturated heterocycles. The molecule has 2 aliphatic rings. The van der Waals surface area contributed by atoms with Crippen LogP contribution in [0.3, 0.4) is 0 Å². The summed E-state index contributed by atoms with van der Waals surface area (Å²) < 4.78 is 5.73. The predicted octanol–water partition coefficient (Wildman–Crippen LogP) is 5.33. The van der Waals surface area contributed by atoms with Gasteiger partial charge in [0.1, 0.15) is 0 Å². The Balaban J connectivity index is 0.948. The molecule has 0 atom stereocenters. The summed E-state index contributed by atoms with van der Waals surface area (Å²) in [6, 6.07) is 20.5. The molecule has 4 aromatic rings. The van der Waals surface area contributed by atoms with Gasteiger partial charge < -0.3 is 4.74 Å². The highest BCUT2D eigenvalue weighted by atomic mass is 32.2. The Morgan fingerprint density at radius 1 is 0.625 bits per heavy atom. The third-order valence-electron chi connectivity index (χ3n) is 7.54. The van der Waals surface area contributed by atoms with Gasteiger partial charge >= 0.3 is 0 Å². The van der Waals surface area contributed by atoms with Crippen LogP contribution in [0.4, 0.5) is 0 Å². The van der Waals surface area contributed by atoms with Gasteiger partial charge in [0, 0.05) is 46.4 Å². The van der Waals surface area contributed by atoms with E-state index in [1.165, 1.54) is 9.80 Å². The fourth-order valence-electron chi connectivity index (χ4n) is 5.58. The SMILES string of the molecule is Cc1ccc2cccc3c2c1C(=O)N(CCSCCCOCCN1C(=O)c2cccc4cccc(c24)C1=O)C3=O. The van der Waals surface area contributed by atoms with Crippen LogP contribution in [-0.4, -0.2) is 71.2 Å². The van der Waals surface area contributed by atoms with E-state index in [0.29, 0.717) is 41.2 Å². The number of ether oxygens (including phenoxy) is 1. The number of carbonyl (C=O) groups excluding carboxylic acids is 4. The molecule has 0 N–H and O–H groups in total. The Bertz CT molecular complexity index is 1650. The molecule has 7 nitrogen and oxygen atoms in total. The average Bonchev–Trinajstić information content (AvgIpc) is 2.97. The number of aryl methyl sites for hydroxylation is 1. The molecule has 0 bridgehead atoms. The van der Waals surface area contributed by atoms with Crippen molar-refractivity contribution in [3.63, 3.8) is 0 Å². The minimum atomic E-state index is -0.288. The average molecular weight is 553 g/mol. The fraction of sp³-hybridized carbons (Fsp3) is 0.250. The second-order valence-electron chi connectivity index (χ2n) is 9.97. The molecule has 6 rings (SSSR count). The molecule has 0 aromatic heterocycles. The Hall–Kier alpha value is -4.01. The van der Waals surface area contributed by atoms with Gasteiger partial charge in [-0.05, 0) is 53.6 Å². The van der Waals surface area contributed by atoms with Gasteiger partial charge in [-0.25, -0.2) is 0 Å². The lowest BCUT2D eigenvalue weighted by atomic mass is 9.91. The van der Waals surface area contributed by atoms with E-state index in [9.17, 15) is 19.2 Å². The second kappa shape index (κ2) is 10.9. The van der Waals surface area contributed by atoms with Gasteiger partial charge in [0.05, 0.1) is 18.7 Å². The topological polar surface area (TPSA) is 84.0 Å². The van der Waals surface area contributed by atoms with Crippen molar-refractivity contribution in [3.05, 3.63) is 94.5 Å². The molecule has 40 heavy (non-hydrogen) atoms. The van der Waals surface area contributed by atoms with Gasteiger partial charge in [-0.3, -0.25) is 29.0 Å². The zero-order valence-electron chi connectivity index (χ0n) is 22.1. The monoisotopic (exact) mass is 552 g/mol. The number of nitrogens with zero attached hydrogens (tertiary/aromatic N) is 2. The van der Waals surface area contributed by atoms with E-state index in [0.717, 1.165) is 39.3 Å². The van der Waals surface area contributed by atoms with E-state index in [4.69, 9.17) is 4.74 Å². The van der Waals surface area contributed by atoms with Crippen molar-refractivity contribution in [1.29, 1.82) is 0 Å². The standard InChI is InChI=1S/C32H28N2O5S/c1-20-12-13-22-8-4-11-25-28(22)26(20)32(38)34(31(25)37)15-19-40-18-5-16-39-17-14-33-29(35)23-9-2-6-21-7-3-10-24(27(21)23)30(33)36/h2-4,6-13H,5,14-19H2,1H3. The predicted molar refractivity (Wildman–Crippen MR) is 156 cm³/mol. The van der Waals surface area contributed by atoms with Gasteiger partial charge in [-0.2, -0.15) is 11.8 Å². The summed E-state index contributed by atoms with van der Waals surface area (Å²) in [5, 5.41) is 3.27. The number of thioether (sulfide) groups is 1. The Kier molecular flexibility index (Phi) is 7.12. The first-order chi connectivity index (χ1) is 19.5. The third kappa shape index (κ3) is 4.47. The molecule has 2 aliphatic heterocycles. The van der Waals surface area contributed by atoms with Crippen LogP contribution in [0, 0.1) is 6.92 Å². The normalized spacial score (nSPS) is 14.6. The summed E-state index contributed by atoms with van der Waals surface area (Å²) in [5.41, 5.74) is 3.17. The van der Waals surface area contributed by atoms with E-state index in [2.05, 4.69) is 0 Å². The van der Waals surface area contributed by atoms with Crippen molar-refractivity contribution in [2.75, 3.05) is 37.8 Å². The third-order valence-corrected chi connectivity index (χ3v) is 8.59. The van der Waals surface area contributed by atoms with Crippen LogP contribution in [0.25, 0.3) is 21.5 Å². The lowest BCUT2D eigenvalue weighted by molar-refractivity contribution is 0.0522. The molecule has 0 radical (unpaired) electrons. The summed E-state index contributed by atoms with van der Waals surface area (Å²) in [6.45, 7) is 3.21. The van der Waals surface area contributed by atoms with Crippen LogP contribution in [0.5, 0.6) is 0 Å². The van der Waals surface area contributed by atoms with E-state index in [1.54, 1.807) is 30.0 Å². The summed E-state index contributed by atoms with van der Waals surface area (Å²) in [4.78, 5) is 54.8. The van der Waals surface area contributed by atoms with Gasteiger partial charge in [0.2, 0.25) is 0 Å². The fourth-order valence-corrected chi connectivity index (χ4v) is 6.41. The maximum absolute atomic E-state index is 13.2. The quantitative estimate of drug-likeness (QED) is 0.195. The number of imide groups is 2. The van der Waals surface area contributed by atoms with Crippen LogP contribution in [0.1, 0.15) is 53.4 Å². The molecule has 2 heterocycles. The Morgan fingerprint density at radius 2 is 1.20 bits per heavy atom. The largest absolute Gasteiger partial charge is 0.380 e. The van der Waals surface area contributed by atoms with Crippen LogP contribution in [0.15, 0.2) is 66.7 Å². The molecule has 4 amide bonds. The van der Waals surface area contributed by atoms with Crippen molar-refractivity contribution in [3.8, 4) is 0 Å². The van der Waals surface area contributed by atoms with E-state index in [1.807, 2.05) is 55.5 Å². The molecule has 8 heteroatoms. The molecule has 0 aliphatic carbocycles. The van der Waals surface area contributed by atoms with Crippen molar-refractivity contribution >= 4 is 56.9 Å². The summed E-state index contributed by atoms with van der Waals surface area (Å²) in [5.74, 6) is 0.401. The number of hydrogen-bond acceptors (Lipinski definition) is 6. The number of hydrogen-bond donors (Lipinski definition) is 0. The molecular weight excluding hydrogens is 524 g/mol. The first-order valence-electron chi connectivity index (χ1n) is 13.4. The number of rotatable bonds is 10. The van der Waals surface area contributed by atoms with Crippen LogP contribution in [-0.2, 0) is 4.74 Å². The zero-order valence-corrected chi connectivity index (χ0v) is 23.0. The Morgan fingerprint density at radius 3 is 1.85 bits per heavy atom. The van der Waals surface area contributed by atoms with Crippen molar-refractivity contribution in [2.24, 2.45) is 0 Å². The molecular formula is C32H28N2O5S. The van der Waals surface area contributed by atoms with Crippen LogP contribution < -0.4 is 0 Å². The lowest BCUT2D eigenvalue weighted by Gasteiger charge is -2.28. The van der Waals surface area contributed by atoms with Gasteiger partial charge in [0.15, 0.2) is 0 Å². The zero-order chi connectivity index (χ0) is 27.8. The lowest BCUT2D eigenvalue weighted by Crippen LogP contribution is -2.42. The van der Waals surface area contributed by atoms with Crippen molar-refractivity contribution < 1.29 is 23.9 Å². The van der Waals surface area contributed by atoms with E-state index >= 15 is 0 Å². The maximum Gasteiger partial charge on any atom is 0.261 e. The van der Waals surface area contributed by atoms with Crippen LogP contribution >= 0.6 is 11.8 Å². The summed E-state index contributed by atoms with van der Waals surface area (Å²) in [6.07, 6.45) is 0.776. The number of amides is 4. The smallest absolute Gasteiger partial charge is 0.261 e. The van der Waals surface area contributed by atoms with Gasteiger partial charge in [-0.15, -0.1) is 0 Å². The van der Waals surface area contributed by atoms with Crippen molar-refractivity contribution in [2.45, 2.75) is 13.3 Å². The van der Waals surface area contributed by atoms with Crippen molar-refractivity contribution in [1.82, 2.24) is 9.80 Å². The van der Waals surface area contributed by atoms with Crippen LogP contribution in [0.2, 0.25) is 0 Å². The van der Waals surface area contributed by atoms with Gasteiger partial charge in [-0.1, -0.05) is 48.5 Å². The highest BCUT2D eigenvalue weighted by Gasteiger charge is 2.34. The molecule has 0 unspecified atom stereocenters. The number of carbonyl (C=O) groups is 4. The molecule has 4 aromatic carbocycles. The minimum Gasteiger partial charge on any atom is -0.380 e. The summed E-state index contributed by atoms with van der Waals surface area (Å²) in [7, 11) is 0. The first kappa shape index (κ1) is 26.2. The minimum absolute atomic E-state index is 0.197. The highest BCUT2D eigenvalue weighted by molar-refractivity contribution is 7.99. The first-order valence-corrected chi connectivity index (χ1v) is 14.5. The number of benzene rings is 4. The second-order valence-corrected chi connectivity index (χ2v) is 11.2. The van der Waals surface area contributed by atoms with E-state index in [-0.39, 0.29) is 36.8 Å². The Labute approximate surface area is 236 Å². The highest BCUT2D eigenvalue weighted by Crippen LogP contribution is 2.32. The van der Waals surface area contributed by atoms with E-state index < -0.39 is 0 Å². The maximum atomic E-state index is 13.2.